The molecule has 0 atom stereocenters. The lowest BCUT2D eigenvalue weighted by atomic mass is 9.80. The normalized spacial score (nSPS) is 11.7. The van der Waals surface area contributed by atoms with Crippen LogP contribution in [0.1, 0.15) is 0 Å². The molecule has 0 bridgehead atoms. The lowest BCUT2D eigenvalue weighted by molar-refractivity contribution is 0.426. The average Bonchev–Trinajstić information content (AvgIpc) is 3.43. The molecule has 0 aliphatic heterocycles. The van der Waals surface area contributed by atoms with Crippen molar-refractivity contribution in [1.82, 2.24) is 4.57 Å². The first-order valence-corrected chi connectivity index (χ1v) is 11.6. The molecular formula is C30H20BNO3. The van der Waals surface area contributed by atoms with Gasteiger partial charge in [0.2, 0.25) is 0 Å². The van der Waals surface area contributed by atoms with E-state index in [1.54, 1.807) is 18.2 Å². The summed E-state index contributed by atoms with van der Waals surface area (Å²) < 4.78 is 8.30. The van der Waals surface area contributed by atoms with Crippen molar-refractivity contribution < 1.29 is 14.5 Å². The molecule has 2 heterocycles. The fourth-order valence-electron chi connectivity index (χ4n) is 5.14. The van der Waals surface area contributed by atoms with E-state index in [0.29, 0.717) is 5.46 Å². The highest BCUT2D eigenvalue weighted by molar-refractivity contribution is 6.59. The summed E-state index contributed by atoms with van der Waals surface area (Å²) in [4.78, 5) is 0. The molecule has 0 aliphatic carbocycles. The zero-order valence-electron chi connectivity index (χ0n) is 18.7. The first kappa shape index (κ1) is 20.1. The molecular weight excluding hydrogens is 433 g/mol. The Balaban J connectivity index is 1.45. The maximum Gasteiger partial charge on any atom is 0.488 e. The van der Waals surface area contributed by atoms with Crippen LogP contribution in [0, 0.1) is 0 Å². The molecule has 5 aromatic carbocycles. The van der Waals surface area contributed by atoms with Gasteiger partial charge in [-0.05, 0) is 65.1 Å². The third kappa shape index (κ3) is 3.10. The van der Waals surface area contributed by atoms with Gasteiger partial charge in [-0.1, -0.05) is 60.7 Å². The second kappa shape index (κ2) is 7.60. The van der Waals surface area contributed by atoms with Gasteiger partial charge in [0, 0.05) is 27.2 Å². The van der Waals surface area contributed by atoms with Crippen LogP contribution in [-0.4, -0.2) is 21.7 Å². The van der Waals surface area contributed by atoms with Crippen molar-refractivity contribution in [2.24, 2.45) is 0 Å². The van der Waals surface area contributed by atoms with E-state index in [1.807, 2.05) is 12.1 Å². The fraction of sp³-hybridized carbons (Fsp3) is 0. The van der Waals surface area contributed by atoms with Crippen molar-refractivity contribution >= 4 is 56.3 Å². The molecule has 0 saturated carbocycles. The number of hydrogen-bond acceptors (Lipinski definition) is 3. The van der Waals surface area contributed by atoms with E-state index < -0.39 is 7.12 Å². The second-order valence-corrected chi connectivity index (χ2v) is 8.86. The Morgan fingerprint density at radius 2 is 1.17 bits per heavy atom. The Morgan fingerprint density at radius 1 is 0.543 bits per heavy atom. The van der Waals surface area contributed by atoms with Crippen LogP contribution >= 0.6 is 0 Å². The molecule has 0 saturated heterocycles. The Hall–Kier alpha value is -4.32. The van der Waals surface area contributed by atoms with Gasteiger partial charge in [-0.25, -0.2) is 0 Å². The van der Waals surface area contributed by atoms with Crippen LogP contribution in [0.25, 0.3) is 60.6 Å². The maximum absolute atomic E-state index is 9.62. The highest BCUT2D eigenvalue weighted by Crippen LogP contribution is 2.36. The lowest BCUT2D eigenvalue weighted by Crippen LogP contribution is -2.29. The van der Waals surface area contributed by atoms with Crippen molar-refractivity contribution in [3.05, 3.63) is 109 Å². The van der Waals surface area contributed by atoms with Crippen LogP contribution in [0.15, 0.2) is 114 Å². The van der Waals surface area contributed by atoms with Gasteiger partial charge < -0.3 is 19.0 Å². The van der Waals surface area contributed by atoms with Crippen LogP contribution in [0.2, 0.25) is 0 Å². The summed E-state index contributed by atoms with van der Waals surface area (Å²) in [5.41, 5.74) is 7.62. The van der Waals surface area contributed by atoms with Gasteiger partial charge in [0.1, 0.15) is 11.2 Å². The SMILES string of the molecule is OB(O)c1ccc2oc3ccc(-c4ccc5c(c4)c4ccccc4n5-c4ccccc4)cc3c2c1. The monoisotopic (exact) mass is 453 g/mol. The van der Waals surface area contributed by atoms with Crippen LogP contribution < -0.4 is 5.46 Å². The van der Waals surface area contributed by atoms with Crippen LogP contribution in [0.5, 0.6) is 0 Å². The second-order valence-electron chi connectivity index (χ2n) is 8.86. The van der Waals surface area contributed by atoms with Crippen molar-refractivity contribution in [2.75, 3.05) is 0 Å². The van der Waals surface area contributed by atoms with E-state index in [-0.39, 0.29) is 0 Å². The zero-order valence-corrected chi connectivity index (χ0v) is 18.7. The number of benzene rings is 5. The summed E-state index contributed by atoms with van der Waals surface area (Å²) in [6.45, 7) is 0. The van der Waals surface area contributed by atoms with Gasteiger partial charge in [0.25, 0.3) is 0 Å². The number of rotatable bonds is 3. The Kier molecular flexibility index (Phi) is 4.36. The zero-order chi connectivity index (χ0) is 23.5. The predicted molar refractivity (Wildman–Crippen MR) is 143 cm³/mol. The summed E-state index contributed by atoms with van der Waals surface area (Å²) in [6.07, 6.45) is 0. The standard InChI is InChI=1S/C30H20BNO3/c33-31(34)21-12-15-30-26(18-21)25-17-20(11-14-29(25)35-30)19-10-13-28-24(16-19)23-8-4-5-9-27(23)32(28)22-6-2-1-3-7-22/h1-18,33-34H. The molecule has 35 heavy (non-hydrogen) atoms. The molecule has 2 N–H and O–H groups in total. The number of aromatic nitrogens is 1. The molecule has 0 aliphatic rings. The topological polar surface area (TPSA) is 58.5 Å². The molecule has 0 spiro atoms. The molecule has 7 rings (SSSR count). The van der Waals surface area contributed by atoms with Gasteiger partial charge in [0.05, 0.1) is 11.0 Å². The summed E-state index contributed by atoms with van der Waals surface area (Å²) in [7, 11) is -1.52. The average molecular weight is 453 g/mol. The van der Waals surface area contributed by atoms with E-state index in [0.717, 1.165) is 44.3 Å². The molecule has 4 nitrogen and oxygen atoms in total. The molecule has 0 radical (unpaired) electrons. The summed E-state index contributed by atoms with van der Waals surface area (Å²) in [5.74, 6) is 0. The van der Waals surface area contributed by atoms with Crippen molar-refractivity contribution in [3.63, 3.8) is 0 Å². The van der Waals surface area contributed by atoms with Gasteiger partial charge >= 0.3 is 7.12 Å². The third-order valence-electron chi connectivity index (χ3n) is 6.81. The maximum atomic E-state index is 9.62. The summed E-state index contributed by atoms with van der Waals surface area (Å²) in [6, 6.07) is 37.0. The molecule has 166 valence electrons. The van der Waals surface area contributed by atoms with E-state index in [9.17, 15) is 10.0 Å². The van der Waals surface area contributed by atoms with Crippen LogP contribution in [0.4, 0.5) is 0 Å². The molecule has 7 aromatic rings. The minimum Gasteiger partial charge on any atom is -0.456 e. The Labute approximate surface area is 201 Å². The van der Waals surface area contributed by atoms with Gasteiger partial charge in [-0.3, -0.25) is 0 Å². The number of furan rings is 1. The van der Waals surface area contributed by atoms with E-state index in [1.165, 1.54) is 16.3 Å². The molecule has 2 aromatic heterocycles. The predicted octanol–water partition coefficient (Wildman–Crippen LogP) is 6.03. The highest BCUT2D eigenvalue weighted by atomic mass is 16.4. The van der Waals surface area contributed by atoms with Gasteiger partial charge in [-0.15, -0.1) is 0 Å². The first-order valence-electron chi connectivity index (χ1n) is 11.6. The molecule has 5 heteroatoms. The van der Waals surface area contributed by atoms with Crippen LogP contribution in [-0.2, 0) is 0 Å². The molecule has 0 fully saturated rings. The van der Waals surface area contributed by atoms with E-state index in [2.05, 4.69) is 83.4 Å². The van der Waals surface area contributed by atoms with E-state index >= 15 is 0 Å². The number of para-hydroxylation sites is 2. The minimum absolute atomic E-state index is 0.445. The lowest BCUT2D eigenvalue weighted by Gasteiger charge is -2.08. The number of hydrogen-bond donors (Lipinski definition) is 2. The molecule has 0 unspecified atom stereocenters. The van der Waals surface area contributed by atoms with Crippen molar-refractivity contribution in [2.45, 2.75) is 0 Å². The quantitative estimate of drug-likeness (QED) is 0.321. The third-order valence-corrected chi connectivity index (χ3v) is 6.81. The smallest absolute Gasteiger partial charge is 0.456 e. The Morgan fingerprint density at radius 3 is 1.97 bits per heavy atom. The number of nitrogens with zero attached hydrogens (tertiary/aromatic N) is 1. The summed E-state index contributed by atoms with van der Waals surface area (Å²) in [5, 5.41) is 23.5. The fourth-order valence-corrected chi connectivity index (χ4v) is 5.14. The molecule has 0 amide bonds. The van der Waals surface area contributed by atoms with Gasteiger partial charge in [-0.2, -0.15) is 0 Å². The number of fused-ring (bicyclic) bond motifs is 6. The highest BCUT2D eigenvalue weighted by Gasteiger charge is 2.16. The van der Waals surface area contributed by atoms with E-state index in [4.69, 9.17) is 4.42 Å². The minimum atomic E-state index is -1.52. The largest absolute Gasteiger partial charge is 0.488 e. The van der Waals surface area contributed by atoms with Crippen LogP contribution in [0.3, 0.4) is 0 Å². The van der Waals surface area contributed by atoms with Crippen molar-refractivity contribution in [3.8, 4) is 16.8 Å². The van der Waals surface area contributed by atoms with Crippen molar-refractivity contribution in [1.29, 1.82) is 0 Å². The summed E-state index contributed by atoms with van der Waals surface area (Å²) >= 11 is 0. The Bertz CT molecular complexity index is 1880. The van der Waals surface area contributed by atoms with Gasteiger partial charge in [0.15, 0.2) is 0 Å². The first-order chi connectivity index (χ1) is 17.2.